The summed E-state index contributed by atoms with van der Waals surface area (Å²) in [5.74, 6) is 0.540. The molecule has 1 saturated heterocycles. The third-order valence-electron chi connectivity index (χ3n) is 4.57. The van der Waals surface area contributed by atoms with E-state index in [1.165, 1.54) is 36.2 Å². The maximum Gasteiger partial charge on any atom is 0.188 e. The lowest BCUT2D eigenvalue weighted by Crippen LogP contribution is -2.42. The second-order valence-corrected chi connectivity index (χ2v) is 6.53. The van der Waals surface area contributed by atoms with E-state index in [4.69, 9.17) is 5.73 Å². The minimum absolute atomic E-state index is 0. The lowest BCUT2D eigenvalue weighted by Gasteiger charge is -2.23. The largest absolute Gasteiger partial charge is 0.377 e. The van der Waals surface area contributed by atoms with E-state index in [0.29, 0.717) is 18.5 Å². The molecule has 0 amide bonds. The lowest BCUT2D eigenvalue weighted by molar-refractivity contribution is 0.267. The van der Waals surface area contributed by atoms with Gasteiger partial charge in [-0.15, -0.1) is 24.0 Å². The molecule has 5 nitrogen and oxygen atoms in total. The number of guanidine groups is 1. The molecule has 24 heavy (non-hydrogen) atoms. The topological polar surface area (TPSA) is 56.9 Å². The molecule has 0 spiro atoms. The SMILES string of the molecule is CCN1CCCC1CNC(N)=NCc1ccc(C)cc1N(C)C.I. The van der Waals surface area contributed by atoms with Gasteiger partial charge in [0.2, 0.25) is 0 Å². The Bertz CT molecular complexity index is 544. The second kappa shape index (κ2) is 10.1. The van der Waals surface area contributed by atoms with Crippen LogP contribution in [-0.4, -0.2) is 50.6 Å². The van der Waals surface area contributed by atoms with E-state index in [0.717, 1.165) is 13.1 Å². The van der Waals surface area contributed by atoms with Crippen molar-refractivity contribution in [1.29, 1.82) is 0 Å². The van der Waals surface area contributed by atoms with Crippen LogP contribution in [0.5, 0.6) is 0 Å². The van der Waals surface area contributed by atoms with Gasteiger partial charge in [-0.3, -0.25) is 4.90 Å². The summed E-state index contributed by atoms with van der Waals surface area (Å²) in [6.07, 6.45) is 2.53. The maximum absolute atomic E-state index is 6.05. The van der Waals surface area contributed by atoms with Crippen molar-refractivity contribution in [2.24, 2.45) is 10.7 Å². The van der Waals surface area contributed by atoms with E-state index < -0.39 is 0 Å². The molecule has 136 valence electrons. The summed E-state index contributed by atoms with van der Waals surface area (Å²) < 4.78 is 0. The number of likely N-dealkylation sites (N-methyl/N-ethyl adjacent to an activating group) is 1. The number of nitrogens with two attached hydrogens (primary N) is 1. The van der Waals surface area contributed by atoms with E-state index in [1.54, 1.807) is 0 Å². The van der Waals surface area contributed by atoms with Crippen molar-refractivity contribution in [2.45, 2.75) is 39.3 Å². The Hall–Kier alpha value is -1.02. The number of nitrogens with one attached hydrogen (secondary N) is 1. The van der Waals surface area contributed by atoms with E-state index in [9.17, 15) is 0 Å². The Balaban J connectivity index is 0.00000288. The van der Waals surface area contributed by atoms with Gasteiger partial charge in [-0.2, -0.15) is 0 Å². The number of anilines is 1. The fourth-order valence-electron chi connectivity index (χ4n) is 3.22. The Morgan fingerprint density at radius 3 is 2.83 bits per heavy atom. The Labute approximate surface area is 163 Å². The number of nitrogens with zero attached hydrogens (tertiary/aromatic N) is 3. The smallest absolute Gasteiger partial charge is 0.188 e. The average molecular weight is 445 g/mol. The molecule has 1 aromatic carbocycles. The molecule has 0 saturated carbocycles. The van der Waals surface area contributed by atoms with Gasteiger partial charge in [-0.05, 0) is 50.0 Å². The third-order valence-corrected chi connectivity index (χ3v) is 4.57. The molecular weight excluding hydrogens is 413 g/mol. The van der Waals surface area contributed by atoms with Crippen LogP contribution < -0.4 is 16.0 Å². The molecule has 1 aliphatic rings. The molecule has 0 bridgehead atoms. The van der Waals surface area contributed by atoms with Gasteiger partial charge in [-0.1, -0.05) is 19.1 Å². The number of benzene rings is 1. The van der Waals surface area contributed by atoms with Crippen molar-refractivity contribution in [3.63, 3.8) is 0 Å². The highest BCUT2D eigenvalue weighted by atomic mass is 127. The van der Waals surface area contributed by atoms with Crippen molar-refractivity contribution < 1.29 is 0 Å². The van der Waals surface area contributed by atoms with Gasteiger partial charge in [-0.25, -0.2) is 4.99 Å². The maximum atomic E-state index is 6.05. The number of hydrogen-bond donors (Lipinski definition) is 2. The molecule has 0 aliphatic carbocycles. The fraction of sp³-hybridized carbons (Fsp3) is 0.611. The molecular formula is C18H32IN5. The molecule has 6 heteroatoms. The molecule has 0 aromatic heterocycles. The molecule has 1 unspecified atom stereocenters. The van der Waals surface area contributed by atoms with Crippen LogP contribution in [0.15, 0.2) is 23.2 Å². The molecule has 1 atom stereocenters. The Morgan fingerprint density at radius 1 is 1.42 bits per heavy atom. The van der Waals surface area contributed by atoms with Gasteiger partial charge >= 0.3 is 0 Å². The zero-order valence-electron chi connectivity index (χ0n) is 15.4. The molecule has 1 fully saturated rings. The number of hydrogen-bond acceptors (Lipinski definition) is 3. The fourth-order valence-corrected chi connectivity index (χ4v) is 3.22. The highest BCUT2D eigenvalue weighted by Crippen LogP contribution is 2.21. The van der Waals surface area contributed by atoms with Crippen LogP contribution in [0.4, 0.5) is 5.69 Å². The number of rotatable bonds is 6. The standard InChI is InChI=1S/C18H31N5.HI/c1-5-23-10-6-7-16(23)13-21-18(19)20-12-15-9-8-14(2)11-17(15)22(3)4;/h8-9,11,16H,5-7,10,12-13H2,1-4H3,(H3,19,20,21);1H. The monoisotopic (exact) mass is 445 g/mol. The summed E-state index contributed by atoms with van der Waals surface area (Å²) in [4.78, 5) is 9.15. The first-order chi connectivity index (χ1) is 11.0. The van der Waals surface area contributed by atoms with E-state index in [1.807, 2.05) is 0 Å². The minimum atomic E-state index is 0. The summed E-state index contributed by atoms with van der Waals surface area (Å²) in [5.41, 5.74) is 9.71. The van der Waals surface area contributed by atoms with Crippen molar-refractivity contribution in [3.8, 4) is 0 Å². The first-order valence-corrected chi connectivity index (χ1v) is 8.56. The zero-order valence-corrected chi connectivity index (χ0v) is 17.7. The number of aryl methyl sites for hydroxylation is 1. The van der Waals surface area contributed by atoms with E-state index in [2.05, 4.69) is 66.3 Å². The molecule has 1 aromatic rings. The quantitative estimate of drug-likeness (QED) is 0.402. The normalized spacial score (nSPS) is 18.3. The molecule has 1 aliphatic heterocycles. The highest BCUT2D eigenvalue weighted by molar-refractivity contribution is 14.0. The summed E-state index contributed by atoms with van der Waals surface area (Å²) >= 11 is 0. The van der Waals surface area contributed by atoms with Gasteiger partial charge in [0.1, 0.15) is 0 Å². The van der Waals surface area contributed by atoms with Crippen LogP contribution in [0.2, 0.25) is 0 Å². The van der Waals surface area contributed by atoms with Crippen LogP contribution in [0.1, 0.15) is 30.9 Å². The van der Waals surface area contributed by atoms with Crippen LogP contribution in [0.25, 0.3) is 0 Å². The summed E-state index contributed by atoms with van der Waals surface area (Å²) in [5, 5.41) is 3.29. The summed E-state index contributed by atoms with van der Waals surface area (Å²) in [7, 11) is 4.12. The number of likely N-dealkylation sites (tertiary alicyclic amines) is 1. The van der Waals surface area contributed by atoms with Crippen molar-refractivity contribution >= 4 is 35.6 Å². The van der Waals surface area contributed by atoms with E-state index >= 15 is 0 Å². The second-order valence-electron chi connectivity index (χ2n) is 6.53. The highest BCUT2D eigenvalue weighted by Gasteiger charge is 2.22. The predicted molar refractivity (Wildman–Crippen MR) is 115 cm³/mol. The average Bonchev–Trinajstić information content (AvgIpc) is 2.99. The van der Waals surface area contributed by atoms with Crippen molar-refractivity contribution in [2.75, 3.05) is 38.6 Å². The minimum Gasteiger partial charge on any atom is -0.377 e. The molecule has 1 heterocycles. The van der Waals surface area contributed by atoms with Crippen LogP contribution in [0.3, 0.4) is 0 Å². The van der Waals surface area contributed by atoms with Crippen LogP contribution in [-0.2, 0) is 6.54 Å². The van der Waals surface area contributed by atoms with Crippen LogP contribution in [0, 0.1) is 6.92 Å². The Kier molecular flexibility index (Phi) is 8.83. The summed E-state index contributed by atoms with van der Waals surface area (Å²) in [6.45, 7) is 8.13. The van der Waals surface area contributed by atoms with Gasteiger partial charge in [0.15, 0.2) is 5.96 Å². The number of halogens is 1. The first kappa shape index (κ1) is 21.0. The lowest BCUT2D eigenvalue weighted by atomic mass is 10.1. The van der Waals surface area contributed by atoms with Crippen LogP contribution >= 0.6 is 24.0 Å². The Morgan fingerprint density at radius 2 is 2.17 bits per heavy atom. The molecule has 2 rings (SSSR count). The number of aliphatic imine (C=N–C) groups is 1. The van der Waals surface area contributed by atoms with Gasteiger partial charge in [0.05, 0.1) is 6.54 Å². The van der Waals surface area contributed by atoms with Crippen molar-refractivity contribution in [3.05, 3.63) is 29.3 Å². The van der Waals surface area contributed by atoms with Crippen molar-refractivity contribution in [1.82, 2.24) is 10.2 Å². The van der Waals surface area contributed by atoms with Gasteiger partial charge in [0.25, 0.3) is 0 Å². The first-order valence-electron chi connectivity index (χ1n) is 8.56. The third kappa shape index (κ3) is 5.81. The molecule has 0 radical (unpaired) electrons. The summed E-state index contributed by atoms with van der Waals surface area (Å²) in [6, 6.07) is 7.04. The van der Waals surface area contributed by atoms with E-state index in [-0.39, 0.29) is 24.0 Å². The predicted octanol–water partition coefficient (Wildman–Crippen LogP) is 2.57. The zero-order chi connectivity index (χ0) is 16.8. The van der Waals surface area contributed by atoms with Gasteiger partial charge in [0, 0.05) is 32.4 Å². The van der Waals surface area contributed by atoms with Gasteiger partial charge < -0.3 is 16.0 Å². The molecule has 3 N–H and O–H groups in total.